The van der Waals surface area contributed by atoms with Crippen LogP contribution in [0.15, 0.2) is 47.1 Å². The molecule has 5 nitrogen and oxygen atoms in total. The largest absolute Gasteiger partial charge is 0.484 e. The topological polar surface area (TPSA) is 77.5 Å². The van der Waals surface area contributed by atoms with Gasteiger partial charge in [-0.1, -0.05) is 12.1 Å². The van der Waals surface area contributed by atoms with Crippen LogP contribution >= 0.6 is 0 Å². The summed E-state index contributed by atoms with van der Waals surface area (Å²) in [5, 5.41) is 2.80. The summed E-state index contributed by atoms with van der Waals surface area (Å²) in [6, 6.07) is 10.8. The van der Waals surface area contributed by atoms with Crippen molar-refractivity contribution >= 4 is 5.91 Å². The average molecular weight is 274 g/mol. The van der Waals surface area contributed by atoms with Crippen LogP contribution in [-0.4, -0.2) is 12.5 Å². The molecule has 5 heteroatoms. The summed E-state index contributed by atoms with van der Waals surface area (Å²) in [6.07, 6.45) is 1.58. The number of hydrogen-bond acceptors (Lipinski definition) is 4. The van der Waals surface area contributed by atoms with Crippen LogP contribution < -0.4 is 15.8 Å². The van der Waals surface area contributed by atoms with Gasteiger partial charge in [-0.05, 0) is 36.8 Å². The molecule has 0 aliphatic rings. The zero-order chi connectivity index (χ0) is 14.4. The number of carbonyl (C=O) groups is 1. The van der Waals surface area contributed by atoms with Crippen molar-refractivity contribution in [3.8, 4) is 5.75 Å². The lowest BCUT2D eigenvalue weighted by Crippen LogP contribution is -2.31. The van der Waals surface area contributed by atoms with Crippen LogP contribution in [0.4, 0.5) is 0 Å². The van der Waals surface area contributed by atoms with Gasteiger partial charge in [0.25, 0.3) is 5.91 Å². The van der Waals surface area contributed by atoms with E-state index in [1.807, 2.05) is 25.1 Å². The molecule has 0 fully saturated rings. The lowest BCUT2D eigenvalue weighted by Gasteiger charge is -2.12. The average Bonchev–Trinajstić information content (AvgIpc) is 3.00. The van der Waals surface area contributed by atoms with E-state index in [1.54, 1.807) is 24.5 Å². The minimum Gasteiger partial charge on any atom is -0.484 e. The molecule has 0 aliphatic heterocycles. The quantitative estimate of drug-likeness (QED) is 0.844. The third kappa shape index (κ3) is 3.86. The van der Waals surface area contributed by atoms with Crippen molar-refractivity contribution in [1.82, 2.24) is 5.32 Å². The van der Waals surface area contributed by atoms with E-state index in [0.29, 0.717) is 18.1 Å². The molecule has 0 aliphatic carbocycles. The number of benzene rings is 1. The fourth-order valence-corrected chi connectivity index (χ4v) is 1.76. The molecule has 1 heterocycles. The molecule has 1 aromatic heterocycles. The minimum atomic E-state index is -0.197. The number of nitrogens with one attached hydrogen (secondary N) is 1. The van der Waals surface area contributed by atoms with Crippen LogP contribution in [-0.2, 0) is 11.3 Å². The predicted octanol–water partition coefficient (Wildman–Crippen LogP) is 1.99. The van der Waals surface area contributed by atoms with Crippen LogP contribution in [0, 0.1) is 0 Å². The molecule has 0 saturated heterocycles. The zero-order valence-electron chi connectivity index (χ0n) is 11.3. The first-order valence-electron chi connectivity index (χ1n) is 6.43. The summed E-state index contributed by atoms with van der Waals surface area (Å²) in [4.78, 5) is 11.7. The van der Waals surface area contributed by atoms with Gasteiger partial charge in [-0.2, -0.15) is 0 Å². The molecule has 106 valence electrons. The van der Waals surface area contributed by atoms with Crippen molar-refractivity contribution in [3.63, 3.8) is 0 Å². The standard InChI is InChI=1S/C15H18N2O3/c1-11(14-3-2-8-19-14)17-15(18)10-20-13-6-4-12(9-16)5-7-13/h2-8,11H,9-10,16H2,1H3,(H,17,18). The van der Waals surface area contributed by atoms with E-state index in [0.717, 1.165) is 5.56 Å². The maximum absolute atomic E-state index is 11.7. The molecule has 1 atom stereocenters. The Labute approximate surface area is 117 Å². The Kier molecular flexibility index (Phi) is 4.79. The number of hydrogen-bond donors (Lipinski definition) is 2. The smallest absolute Gasteiger partial charge is 0.258 e. The number of furan rings is 1. The number of carbonyl (C=O) groups excluding carboxylic acids is 1. The van der Waals surface area contributed by atoms with Gasteiger partial charge in [-0.25, -0.2) is 0 Å². The summed E-state index contributed by atoms with van der Waals surface area (Å²) < 4.78 is 10.6. The number of nitrogens with two attached hydrogens (primary N) is 1. The van der Waals surface area contributed by atoms with E-state index in [-0.39, 0.29) is 18.6 Å². The second-order valence-corrected chi connectivity index (χ2v) is 4.44. The predicted molar refractivity (Wildman–Crippen MR) is 75.1 cm³/mol. The number of ether oxygens (including phenoxy) is 1. The Balaban J connectivity index is 1.79. The Morgan fingerprint density at radius 1 is 1.35 bits per heavy atom. The lowest BCUT2D eigenvalue weighted by atomic mass is 10.2. The number of amides is 1. The monoisotopic (exact) mass is 274 g/mol. The van der Waals surface area contributed by atoms with Crippen molar-refractivity contribution < 1.29 is 13.9 Å². The molecule has 0 radical (unpaired) electrons. The third-order valence-electron chi connectivity index (χ3n) is 2.88. The highest BCUT2D eigenvalue weighted by molar-refractivity contribution is 5.77. The molecule has 1 amide bonds. The summed E-state index contributed by atoms with van der Waals surface area (Å²) in [6.45, 7) is 2.31. The maximum atomic E-state index is 11.7. The van der Waals surface area contributed by atoms with Crippen molar-refractivity contribution in [2.24, 2.45) is 5.73 Å². The molecule has 3 N–H and O–H groups in total. The number of rotatable bonds is 6. The molecule has 2 aromatic rings. The first kappa shape index (κ1) is 14.1. The molecule has 0 bridgehead atoms. The summed E-state index contributed by atoms with van der Waals surface area (Å²) in [5.74, 6) is 1.16. The van der Waals surface area contributed by atoms with Gasteiger partial charge >= 0.3 is 0 Å². The van der Waals surface area contributed by atoms with E-state index in [1.165, 1.54) is 0 Å². The van der Waals surface area contributed by atoms with Gasteiger partial charge in [0.05, 0.1) is 12.3 Å². The van der Waals surface area contributed by atoms with Gasteiger partial charge in [0.15, 0.2) is 6.61 Å². The van der Waals surface area contributed by atoms with Crippen molar-refractivity contribution in [3.05, 3.63) is 54.0 Å². The fourth-order valence-electron chi connectivity index (χ4n) is 1.76. The van der Waals surface area contributed by atoms with E-state index in [2.05, 4.69) is 5.32 Å². The van der Waals surface area contributed by atoms with Gasteiger partial charge in [0.2, 0.25) is 0 Å². The minimum absolute atomic E-state index is 0.0347. The summed E-state index contributed by atoms with van der Waals surface area (Å²) in [7, 11) is 0. The molecule has 2 rings (SSSR count). The SMILES string of the molecule is CC(NC(=O)COc1ccc(CN)cc1)c1ccco1. The van der Waals surface area contributed by atoms with E-state index < -0.39 is 0 Å². The van der Waals surface area contributed by atoms with Crippen LogP contribution in [0.1, 0.15) is 24.3 Å². The molecular formula is C15H18N2O3. The van der Waals surface area contributed by atoms with Crippen LogP contribution in [0.3, 0.4) is 0 Å². The Morgan fingerprint density at radius 3 is 2.70 bits per heavy atom. The van der Waals surface area contributed by atoms with Gasteiger partial charge in [0, 0.05) is 6.54 Å². The van der Waals surface area contributed by atoms with Gasteiger partial charge in [-0.15, -0.1) is 0 Å². The van der Waals surface area contributed by atoms with E-state index in [9.17, 15) is 4.79 Å². The molecule has 1 aromatic carbocycles. The zero-order valence-corrected chi connectivity index (χ0v) is 11.3. The Hall–Kier alpha value is -2.27. The highest BCUT2D eigenvalue weighted by atomic mass is 16.5. The van der Waals surface area contributed by atoms with Crippen molar-refractivity contribution in [1.29, 1.82) is 0 Å². The summed E-state index contributed by atoms with van der Waals surface area (Å²) >= 11 is 0. The molecule has 20 heavy (non-hydrogen) atoms. The van der Waals surface area contributed by atoms with Crippen molar-refractivity contribution in [2.75, 3.05) is 6.61 Å². The fraction of sp³-hybridized carbons (Fsp3) is 0.267. The van der Waals surface area contributed by atoms with Gasteiger partial charge in [-0.3, -0.25) is 4.79 Å². The van der Waals surface area contributed by atoms with Crippen LogP contribution in [0.25, 0.3) is 0 Å². The summed E-state index contributed by atoms with van der Waals surface area (Å²) in [5.41, 5.74) is 6.53. The normalized spacial score (nSPS) is 11.9. The third-order valence-corrected chi connectivity index (χ3v) is 2.88. The van der Waals surface area contributed by atoms with Crippen LogP contribution in [0.2, 0.25) is 0 Å². The first-order valence-corrected chi connectivity index (χ1v) is 6.43. The highest BCUT2D eigenvalue weighted by Gasteiger charge is 2.12. The van der Waals surface area contributed by atoms with Crippen molar-refractivity contribution in [2.45, 2.75) is 19.5 Å². The lowest BCUT2D eigenvalue weighted by molar-refractivity contribution is -0.123. The van der Waals surface area contributed by atoms with Gasteiger partial charge in [0.1, 0.15) is 11.5 Å². The van der Waals surface area contributed by atoms with Gasteiger partial charge < -0.3 is 20.2 Å². The van der Waals surface area contributed by atoms with E-state index >= 15 is 0 Å². The van der Waals surface area contributed by atoms with E-state index in [4.69, 9.17) is 14.9 Å². The highest BCUT2D eigenvalue weighted by Crippen LogP contribution is 2.13. The second kappa shape index (κ2) is 6.77. The molecular weight excluding hydrogens is 256 g/mol. The second-order valence-electron chi connectivity index (χ2n) is 4.44. The maximum Gasteiger partial charge on any atom is 0.258 e. The first-order chi connectivity index (χ1) is 9.69. The molecule has 0 saturated carbocycles. The Bertz CT molecular complexity index is 535. The molecule has 0 spiro atoms. The Morgan fingerprint density at radius 2 is 2.10 bits per heavy atom. The molecule has 1 unspecified atom stereocenters. The van der Waals surface area contributed by atoms with Crippen LogP contribution in [0.5, 0.6) is 5.75 Å².